The molecule has 0 spiro atoms. The number of nitrogens with zero attached hydrogens (tertiary/aromatic N) is 5. The number of hydrogen-bond donors (Lipinski definition) is 2. The molecule has 4 aliphatic rings. The third-order valence-electron chi connectivity index (χ3n) is 12.4. The summed E-state index contributed by atoms with van der Waals surface area (Å²) < 4.78 is 35.0. The number of halogens is 3. The molecule has 0 bridgehead atoms. The molecule has 3 N–H and O–H groups in total. The fourth-order valence-electron chi connectivity index (χ4n) is 9.15. The van der Waals surface area contributed by atoms with Crippen LogP contribution in [0.25, 0.3) is 16.7 Å². The van der Waals surface area contributed by atoms with Crippen molar-refractivity contribution in [2.45, 2.75) is 93.5 Å². The van der Waals surface area contributed by atoms with E-state index in [2.05, 4.69) is 29.0 Å². The lowest BCUT2D eigenvalue weighted by molar-refractivity contribution is -0.136. The number of fused-ring (bicyclic) bond motifs is 2. The molecule has 8 rings (SSSR count). The number of amides is 4. The number of imide groups is 2. The van der Waals surface area contributed by atoms with Crippen LogP contribution in [0.3, 0.4) is 0 Å². The largest absolute Gasteiger partial charge is 0.490 e. The molecular formula is C43H48F2IN7O6. The Balaban J connectivity index is 0.819. The molecule has 4 aromatic rings. The van der Waals surface area contributed by atoms with Gasteiger partial charge in [-0.1, -0.05) is 12.1 Å². The Morgan fingerprint density at radius 2 is 1.63 bits per heavy atom. The summed E-state index contributed by atoms with van der Waals surface area (Å²) in [5.74, 6) is -1.07. The summed E-state index contributed by atoms with van der Waals surface area (Å²) in [5, 5.41) is 2.22. The van der Waals surface area contributed by atoms with Gasteiger partial charge in [0, 0.05) is 72.7 Å². The van der Waals surface area contributed by atoms with Gasteiger partial charge in [-0.05, 0) is 114 Å². The van der Waals surface area contributed by atoms with Crippen LogP contribution < -0.4 is 21.5 Å². The van der Waals surface area contributed by atoms with E-state index in [0.717, 1.165) is 91.3 Å². The van der Waals surface area contributed by atoms with Gasteiger partial charge in [-0.15, -0.1) is 0 Å². The first-order chi connectivity index (χ1) is 28.2. The molecule has 1 saturated carbocycles. The lowest BCUT2D eigenvalue weighted by atomic mass is 9.85. The van der Waals surface area contributed by atoms with Gasteiger partial charge in [0.15, 0.2) is 0 Å². The van der Waals surface area contributed by atoms with Crippen molar-refractivity contribution in [3.8, 4) is 11.4 Å². The molecule has 1 unspecified atom stereocenters. The van der Waals surface area contributed by atoms with Gasteiger partial charge in [-0.3, -0.25) is 43.4 Å². The molecule has 16 heteroatoms. The molecule has 3 aliphatic heterocycles. The molecule has 0 radical (unpaired) electrons. The number of aryl methyl sites for hydroxylation is 1. The molecular weight excluding hydrogens is 875 g/mol. The van der Waals surface area contributed by atoms with E-state index < -0.39 is 33.6 Å². The van der Waals surface area contributed by atoms with Crippen LogP contribution in [0.2, 0.25) is 0 Å². The molecule has 59 heavy (non-hydrogen) atoms. The van der Waals surface area contributed by atoms with Crippen molar-refractivity contribution in [1.82, 2.24) is 29.2 Å². The van der Waals surface area contributed by atoms with Gasteiger partial charge in [0.05, 0.1) is 33.4 Å². The van der Waals surface area contributed by atoms with Crippen molar-refractivity contribution in [3.63, 3.8) is 0 Å². The Kier molecular flexibility index (Phi) is 11.4. The number of ether oxygens (including phenoxy) is 1. The zero-order valence-corrected chi connectivity index (χ0v) is 35.2. The molecule has 3 aromatic carbocycles. The predicted octanol–water partition coefficient (Wildman–Crippen LogP) is 5.68. The molecule has 3 fully saturated rings. The summed E-state index contributed by atoms with van der Waals surface area (Å²) in [5.41, 5.74) is 7.45. The van der Waals surface area contributed by atoms with Crippen molar-refractivity contribution < 1.29 is 32.7 Å². The summed E-state index contributed by atoms with van der Waals surface area (Å²) in [6, 6.07) is 16.3. The first kappa shape index (κ1) is 41.1. The van der Waals surface area contributed by atoms with Crippen LogP contribution in [-0.2, 0) is 20.1 Å². The Hall–Kier alpha value is -4.68. The van der Waals surface area contributed by atoms with E-state index in [1.807, 2.05) is 24.3 Å². The maximum Gasteiger partial charge on any atom is 0.333 e. The highest BCUT2D eigenvalue weighted by Crippen LogP contribution is 2.40. The van der Waals surface area contributed by atoms with Gasteiger partial charge < -0.3 is 15.4 Å². The molecule has 13 nitrogen and oxygen atoms in total. The number of carbonyl (C=O) groups is 4. The fourth-order valence-corrected chi connectivity index (χ4v) is 9.62. The highest BCUT2D eigenvalue weighted by atomic mass is 127. The molecule has 1 aromatic heterocycles. The average Bonchev–Trinajstić information content (AvgIpc) is 3.60. The van der Waals surface area contributed by atoms with E-state index in [1.54, 1.807) is 28.8 Å². The van der Waals surface area contributed by atoms with E-state index in [1.165, 1.54) is 16.7 Å². The van der Waals surface area contributed by atoms with E-state index >= 15 is 0 Å². The first-order valence-corrected chi connectivity index (χ1v) is 21.4. The number of aromatic nitrogens is 2. The third kappa shape index (κ3) is 8.14. The molecule has 4 heterocycles. The quantitative estimate of drug-likeness (QED) is 0.0747. The number of likely N-dealkylation sites (tertiary alicyclic amines) is 1. The van der Waals surface area contributed by atoms with Crippen LogP contribution >= 0.6 is 22.6 Å². The number of imidazole rings is 1. The topological polar surface area (TPSA) is 152 Å². The lowest BCUT2D eigenvalue weighted by Crippen LogP contribution is -2.54. The minimum atomic E-state index is -3.18. The monoisotopic (exact) mass is 923 g/mol. The standard InChI is InChI=1S/C43H48F2IN7O6/c1-25(2)51(28-20-30(21-28)59-29-9-10-31-32(23-29)41(57)53(40(31)56)37-12-13-38(54)48-39(37)55)24-26-14-18-49(19-15-26)16-5-17-50-35-6-3-4-7-36(35)52(42(50)58)27-8-11-34(47)33(22-27)43(44,45)46/h3-4,6-11,22-23,25-26,28,30,37H,5,12-21,24,47H2,1-2H3,(H,48,54,55). The second-order valence-electron chi connectivity index (χ2n) is 16.5. The molecule has 1 atom stereocenters. The maximum atomic E-state index is 14.3. The number of carbonyl (C=O) groups excluding carboxylic acids is 4. The number of hydrogen-bond acceptors (Lipinski definition) is 9. The predicted molar refractivity (Wildman–Crippen MR) is 226 cm³/mol. The van der Waals surface area contributed by atoms with E-state index in [0.29, 0.717) is 41.5 Å². The number of benzene rings is 3. The van der Waals surface area contributed by atoms with Gasteiger partial charge >= 0.3 is 9.62 Å². The Morgan fingerprint density at radius 1 is 0.915 bits per heavy atom. The van der Waals surface area contributed by atoms with Crippen LogP contribution in [0, 0.1) is 5.92 Å². The fraction of sp³-hybridized carbons (Fsp3) is 0.465. The zero-order valence-electron chi connectivity index (χ0n) is 33.0. The summed E-state index contributed by atoms with van der Waals surface area (Å²) in [6.45, 7) is 8.75. The highest BCUT2D eigenvalue weighted by Gasteiger charge is 2.45. The van der Waals surface area contributed by atoms with Crippen molar-refractivity contribution in [2.24, 2.45) is 5.92 Å². The van der Waals surface area contributed by atoms with E-state index in [-0.39, 0.29) is 47.0 Å². The van der Waals surface area contributed by atoms with Gasteiger partial charge in [0.1, 0.15) is 17.9 Å². The molecule has 312 valence electrons. The number of nitrogens with one attached hydrogen (secondary N) is 1. The van der Waals surface area contributed by atoms with E-state index in [9.17, 15) is 32.8 Å². The number of nitrogen functional groups attached to an aromatic ring is 1. The SMILES string of the molecule is CC(C)N(CC1CCN(CCCn2c(=O)n(-c3ccc(N)c(C(F)(F)I)c3)c3ccccc32)CC1)C1CC(Oc2ccc3c(c2)C(=O)N(C2CCC(=O)NC2=O)C3=O)C1. The van der Waals surface area contributed by atoms with Crippen molar-refractivity contribution in [3.05, 3.63) is 87.8 Å². The molecule has 1 aliphatic carbocycles. The molecule has 2 saturated heterocycles. The smallest absolute Gasteiger partial charge is 0.333 e. The van der Waals surface area contributed by atoms with Gasteiger partial charge in [-0.2, -0.15) is 8.78 Å². The maximum absolute atomic E-state index is 14.3. The number of nitrogens with two attached hydrogens (primary N) is 1. The van der Waals surface area contributed by atoms with E-state index in [4.69, 9.17) is 10.5 Å². The Labute approximate surface area is 353 Å². The number of para-hydroxylation sites is 2. The number of piperidine rings is 2. The Morgan fingerprint density at radius 3 is 2.32 bits per heavy atom. The van der Waals surface area contributed by atoms with Crippen LogP contribution in [0.1, 0.15) is 85.1 Å². The third-order valence-corrected chi connectivity index (χ3v) is 13.0. The van der Waals surface area contributed by atoms with Crippen molar-refractivity contribution in [1.29, 1.82) is 0 Å². The number of anilines is 1. The normalized spacial score (nSPS) is 21.7. The summed E-state index contributed by atoms with van der Waals surface area (Å²) in [7, 11) is 0. The highest BCUT2D eigenvalue weighted by molar-refractivity contribution is 14.1. The summed E-state index contributed by atoms with van der Waals surface area (Å²) in [4.78, 5) is 70.2. The number of alkyl halides is 3. The second kappa shape index (κ2) is 16.4. The first-order valence-electron chi connectivity index (χ1n) is 20.4. The lowest BCUT2D eigenvalue weighted by Gasteiger charge is -2.46. The van der Waals surface area contributed by atoms with Crippen LogP contribution in [-0.4, -0.2) is 97.9 Å². The second-order valence-corrected chi connectivity index (χ2v) is 17.8. The molecule has 4 amide bonds. The van der Waals surface area contributed by atoms with Crippen molar-refractivity contribution in [2.75, 3.05) is 31.9 Å². The average molecular weight is 924 g/mol. The van der Waals surface area contributed by atoms with Gasteiger partial charge in [-0.25, -0.2) is 4.79 Å². The van der Waals surface area contributed by atoms with Crippen LogP contribution in [0.4, 0.5) is 14.5 Å². The van der Waals surface area contributed by atoms with Crippen molar-refractivity contribution >= 4 is 62.9 Å². The Bertz CT molecular complexity index is 2360. The minimum Gasteiger partial charge on any atom is -0.490 e. The summed E-state index contributed by atoms with van der Waals surface area (Å²) in [6.07, 6.45) is 4.78. The summed E-state index contributed by atoms with van der Waals surface area (Å²) >= 11 is 1.06. The van der Waals surface area contributed by atoms with Gasteiger partial charge in [0.25, 0.3) is 11.8 Å². The van der Waals surface area contributed by atoms with Gasteiger partial charge in [0.2, 0.25) is 11.8 Å². The minimum absolute atomic E-state index is 0.0224. The number of rotatable bonds is 13. The zero-order chi connectivity index (χ0) is 41.7. The van der Waals surface area contributed by atoms with Crippen LogP contribution in [0.5, 0.6) is 5.75 Å². The van der Waals surface area contributed by atoms with Crippen LogP contribution in [0.15, 0.2) is 65.5 Å².